The molecule has 3 rings (SSSR count). The highest BCUT2D eigenvalue weighted by Gasteiger charge is 2.27. The minimum absolute atomic E-state index is 0.0680. The number of aryl methyl sites for hydroxylation is 1. The molecular formula is C21H22N2O3. The molecule has 1 atom stereocenters. The molecule has 0 aliphatic carbocycles. The van der Waals surface area contributed by atoms with Gasteiger partial charge in [-0.2, -0.15) is 0 Å². The summed E-state index contributed by atoms with van der Waals surface area (Å²) in [5, 5.41) is 2.68. The molecule has 1 saturated heterocycles. The number of carbonyl (C=O) groups excluding carboxylic acids is 2. The highest BCUT2D eigenvalue weighted by molar-refractivity contribution is 6.00. The summed E-state index contributed by atoms with van der Waals surface area (Å²) in [4.78, 5) is 26.2. The average Bonchev–Trinajstić information content (AvgIpc) is 2.68. The van der Waals surface area contributed by atoms with Crippen molar-refractivity contribution >= 4 is 17.5 Å². The van der Waals surface area contributed by atoms with E-state index in [0.717, 1.165) is 11.1 Å². The zero-order valence-corrected chi connectivity index (χ0v) is 14.8. The van der Waals surface area contributed by atoms with E-state index in [1.807, 2.05) is 31.2 Å². The molecule has 0 aromatic heterocycles. The van der Waals surface area contributed by atoms with E-state index in [1.165, 1.54) is 6.08 Å². The van der Waals surface area contributed by atoms with Gasteiger partial charge in [0.25, 0.3) is 5.91 Å². The highest BCUT2D eigenvalue weighted by Crippen LogP contribution is 2.26. The Hall–Kier alpha value is -2.92. The lowest BCUT2D eigenvalue weighted by molar-refractivity contribution is -0.111. The van der Waals surface area contributed by atoms with Gasteiger partial charge in [0.15, 0.2) is 0 Å². The van der Waals surface area contributed by atoms with Crippen molar-refractivity contribution in [1.29, 1.82) is 0 Å². The van der Waals surface area contributed by atoms with Crippen molar-refractivity contribution in [3.63, 3.8) is 0 Å². The molecule has 1 heterocycles. The second-order valence-corrected chi connectivity index (χ2v) is 6.24. The van der Waals surface area contributed by atoms with Crippen molar-refractivity contribution in [3.05, 3.63) is 77.9 Å². The number of nitrogens with one attached hydrogen (secondary N) is 1. The summed E-state index contributed by atoms with van der Waals surface area (Å²) >= 11 is 0. The van der Waals surface area contributed by atoms with Gasteiger partial charge in [-0.1, -0.05) is 36.9 Å². The number of amides is 2. The molecule has 2 aromatic carbocycles. The Kier molecular flexibility index (Phi) is 5.49. The van der Waals surface area contributed by atoms with Crippen LogP contribution in [0.2, 0.25) is 0 Å². The third kappa shape index (κ3) is 4.00. The van der Waals surface area contributed by atoms with Gasteiger partial charge in [-0.3, -0.25) is 9.59 Å². The van der Waals surface area contributed by atoms with Crippen molar-refractivity contribution in [2.75, 3.05) is 25.0 Å². The van der Waals surface area contributed by atoms with Gasteiger partial charge >= 0.3 is 0 Å². The number of carbonyl (C=O) groups is 2. The van der Waals surface area contributed by atoms with Crippen molar-refractivity contribution in [2.45, 2.75) is 13.0 Å². The van der Waals surface area contributed by atoms with Gasteiger partial charge in [0.1, 0.15) is 6.10 Å². The number of anilines is 1. The lowest BCUT2D eigenvalue weighted by Gasteiger charge is -2.34. The Labute approximate surface area is 153 Å². The zero-order chi connectivity index (χ0) is 18.5. The normalized spacial score (nSPS) is 16.8. The number of hydrogen-bond acceptors (Lipinski definition) is 3. The maximum Gasteiger partial charge on any atom is 0.254 e. The molecular weight excluding hydrogens is 328 g/mol. The quantitative estimate of drug-likeness (QED) is 0.861. The van der Waals surface area contributed by atoms with Gasteiger partial charge in [-0.05, 0) is 42.3 Å². The van der Waals surface area contributed by atoms with Crippen LogP contribution in [0.15, 0.2) is 61.2 Å². The fourth-order valence-corrected chi connectivity index (χ4v) is 3.08. The van der Waals surface area contributed by atoms with Crippen LogP contribution in [-0.4, -0.2) is 36.4 Å². The van der Waals surface area contributed by atoms with E-state index in [0.29, 0.717) is 30.9 Å². The largest absolute Gasteiger partial charge is 0.370 e. The highest BCUT2D eigenvalue weighted by atomic mass is 16.5. The summed E-state index contributed by atoms with van der Waals surface area (Å²) < 4.78 is 5.89. The second kappa shape index (κ2) is 7.97. The van der Waals surface area contributed by atoms with Gasteiger partial charge in [0, 0.05) is 17.8 Å². The van der Waals surface area contributed by atoms with Gasteiger partial charge in [-0.25, -0.2) is 0 Å². The van der Waals surface area contributed by atoms with Crippen molar-refractivity contribution < 1.29 is 14.3 Å². The van der Waals surface area contributed by atoms with Crippen LogP contribution in [0.5, 0.6) is 0 Å². The van der Waals surface area contributed by atoms with Gasteiger partial charge < -0.3 is 15.0 Å². The van der Waals surface area contributed by atoms with E-state index in [1.54, 1.807) is 29.2 Å². The van der Waals surface area contributed by atoms with Crippen molar-refractivity contribution in [2.24, 2.45) is 0 Å². The third-order valence-electron chi connectivity index (χ3n) is 4.45. The number of benzene rings is 2. The lowest BCUT2D eigenvalue weighted by Crippen LogP contribution is -2.42. The third-order valence-corrected chi connectivity index (χ3v) is 4.45. The predicted octanol–water partition coefficient (Wildman–Crippen LogP) is 3.33. The van der Waals surface area contributed by atoms with Crippen LogP contribution in [0.4, 0.5) is 5.69 Å². The van der Waals surface area contributed by atoms with Crippen LogP contribution in [-0.2, 0) is 9.53 Å². The minimum atomic E-state index is -0.305. The first-order valence-electron chi connectivity index (χ1n) is 8.58. The fraction of sp³-hybridized carbons (Fsp3) is 0.238. The summed E-state index contributed by atoms with van der Waals surface area (Å²) in [6.45, 7) is 7.03. The first kappa shape index (κ1) is 17.9. The molecule has 1 unspecified atom stereocenters. The first-order valence-corrected chi connectivity index (χ1v) is 8.58. The molecule has 0 spiro atoms. The van der Waals surface area contributed by atoms with Crippen molar-refractivity contribution in [3.8, 4) is 0 Å². The molecule has 5 heteroatoms. The molecule has 26 heavy (non-hydrogen) atoms. The average molecular weight is 350 g/mol. The summed E-state index contributed by atoms with van der Waals surface area (Å²) in [5.74, 6) is -0.373. The van der Waals surface area contributed by atoms with Crippen LogP contribution in [0.25, 0.3) is 0 Å². The van der Waals surface area contributed by atoms with Crippen molar-refractivity contribution in [1.82, 2.24) is 4.90 Å². The molecule has 134 valence electrons. The Morgan fingerprint density at radius 3 is 2.81 bits per heavy atom. The smallest absolute Gasteiger partial charge is 0.254 e. The topological polar surface area (TPSA) is 58.6 Å². The number of morpholine rings is 1. The standard InChI is InChI=1S/C21H22N2O3/c1-3-20(24)22-17-9-6-8-16(13-17)21(25)23-11-12-26-19(14-23)18-10-5-4-7-15(18)2/h3-10,13,19H,1,11-12,14H2,2H3,(H,22,24). The molecule has 1 N–H and O–H groups in total. The maximum absolute atomic E-state index is 12.9. The van der Waals surface area contributed by atoms with E-state index in [9.17, 15) is 9.59 Å². The van der Waals surface area contributed by atoms with E-state index in [-0.39, 0.29) is 17.9 Å². The molecule has 2 aromatic rings. The second-order valence-electron chi connectivity index (χ2n) is 6.24. The number of nitrogens with zero attached hydrogens (tertiary/aromatic N) is 1. The molecule has 0 radical (unpaired) electrons. The molecule has 2 amide bonds. The Balaban J connectivity index is 1.75. The predicted molar refractivity (Wildman–Crippen MR) is 101 cm³/mol. The molecule has 0 saturated carbocycles. The Morgan fingerprint density at radius 1 is 1.23 bits per heavy atom. The fourth-order valence-electron chi connectivity index (χ4n) is 3.08. The Bertz CT molecular complexity index is 832. The molecule has 1 fully saturated rings. The minimum Gasteiger partial charge on any atom is -0.370 e. The SMILES string of the molecule is C=CC(=O)Nc1cccc(C(=O)N2CCOC(c3ccccc3C)C2)c1. The van der Waals surface area contributed by atoms with Crippen LogP contribution in [0.1, 0.15) is 27.6 Å². The summed E-state index contributed by atoms with van der Waals surface area (Å²) in [6, 6.07) is 15.0. The monoisotopic (exact) mass is 350 g/mol. The van der Waals surface area contributed by atoms with E-state index in [4.69, 9.17) is 4.74 Å². The van der Waals surface area contributed by atoms with Crippen LogP contribution in [0, 0.1) is 6.92 Å². The van der Waals surface area contributed by atoms with Crippen LogP contribution < -0.4 is 5.32 Å². The van der Waals surface area contributed by atoms with Gasteiger partial charge in [0.2, 0.25) is 5.91 Å². The summed E-state index contributed by atoms with van der Waals surface area (Å²) in [6.07, 6.45) is 1.07. The zero-order valence-electron chi connectivity index (χ0n) is 14.8. The summed E-state index contributed by atoms with van der Waals surface area (Å²) in [7, 11) is 0. The van der Waals surface area contributed by atoms with Gasteiger partial charge in [-0.15, -0.1) is 0 Å². The maximum atomic E-state index is 12.9. The molecule has 1 aliphatic rings. The lowest BCUT2D eigenvalue weighted by atomic mass is 10.0. The number of ether oxygens (including phenoxy) is 1. The van der Waals surface area contributed by atoms with E-state index in [2.05, 4.69) is 11.9 Å². The van der Waals surface area contributed by atoms with Crippen LogP contribution >= 0.6 is 0 Å². The molecule has 1 aliphatic heterocycles. The Morgan fingerprint density at radius 2 is 2.04 bits per heavy atom. The van der Waals surface area contributed by atoms with Crippen LogP contribution in [0.3, 0.4) is 0 Å². The van der Waals surface area contributed by atoms with E-state index >= 15 is 0 Å². The van der Waals surface area contributed by atoms with Gasteiger partial charge in [0.05, 0.1) is 13.2 Å². The molecule has 0 bridgehead atoms. The van der Waals surface area contributed by atoms with E-state index < -0.39 is 0 Å². The summed E-state index contributed by atoms with van der Waals surface area (Å²) in [5.41, 5.74) is 3.37. The first-order chi connectivity index (χ1) is 12.6. The number of hydrogen-bond donors (Lipinski definition) is 1. The molecule has 5 nitrogen and oxygen atoms in total. The number of rotatable bonds is 4.